The van der Waals surface area contributed by atoms with Gasteiger partial charge in [-0.15, -0.1) is 11.8 Å². The van der Waals surface area contributed by atoms with Gasteiger partial charge in [0.1, 0.15) is 6.10 Å². The Hall–Kier alpha value is -2.30. The third kappa shape index (κ3) is 6.23. The van der Waals surface area contributed by atoms with Gasteiger partial charge in [-0.1, -0.05) is 19.9 Å². The highest BCUT2D eigenvalue weighted by atomic mass is 32.2. The van der Waals surface area contributed by atoms with Crippen molar-refractivity contribution in [2.75, 3.05) is 31.3 Å². The normalized spacial score (nSPS) is 34.2. The van der Waals surface area contributed by atoms with Gasteiger partial charge in [-0.05, 0) is 73.8 Å². The summed E-state index contributed by atoms with van der Waals surface area (Å²) in [5.74, 6) is -0.409. The van der Waals surface area contributed by atoms with Gasteiger partial charge in [0.05, 0.1) is 12.7 Å². The fourth-order valence-corrected chi connectivity index (χ4v) is 7.93. The van der Waals surface area contributed by atoms with Gasteiger partial charge in [-0.25, -0.2) is 4.79 Å². The number of carbonyl (C=O) groups excluding carboxylic acids is 3. The molecule has 39 heavy (non-hydrogen) atoms. The van der Waals surface area contributed by atoms with Gasteiger partial charge >= 0.3 is 6.09 Å². The van der Waals surface area contributed by atoms with Crippen molar-refractivity contribution < 1.29 is 29.3 Å². The lowest BCUT2D eigenvalue weighted by atomic mass is 9.46. The van der Waals surface area contributed by atoms with E-state index in [0.29, 0.717) is 44.5 Å². The van der Waals surface area contributed by atoms with E-state index < -0.39 is 29.1 Å². The highest BCUT2D eigenvalue weighted by Crippen LogP contribution is 2.61. The maximum Gasteiger partial charge on any atom is 0.411 e. The number of anilines is 1. The lowest BCUT2D eigenvalue weighted by molar-refractivity contribution is -0.186. The summed E-state index contributed by atoms with van der Waals surface area (Å²) < 4.78 is 5.95. The summed E-state index contributed by atoms with van der Waals surface area (Å²) in [6, 6.07) is 7.51. The predicted octanol–water partition coefficient (Wildman–Crippen LogP) is 3.64. The molecule has 4 N–H and O–H groups in total. The zero-order chi connectivity index (χ0) is 28.4. The number of nitrogens with one attached hydrogen (secondary N) is 2. The Morgan fingerprint density at radius 1 is 1.18 bits per heavy atom. The standard InChI is InChI=1S/C29H43N3O6S/c1-18(34)30-20-11-13-32(16-20)26(36)15-22-23(35)8-9-24-28(22,2)12-10-25(29(24,3)17-33)38-27(37)31-19-6-5-7-21(14-19)39-4/h5-7,14,20,22-25,33,35H,8-13,15-17H2,1-4H3,(H,30,34)(H,31,37)/t20-,22+,23+,24-,25+,28-,29-/m0/s1. The van der Waals surface area contributed by atoms with Crippen LogP contribution in [0.1, 0.15) is 59.3 Å². The minimum Gasteiger partial charge on any atom is -0.445 e. The number of aliphatic hydroxyl groups is 2. The number of rotatable bonds is 7. The summed E-state index contributed by atoms with van der Waals surface area (Å²) >= 11 is 1.59. The van der Waals surface area contributed by atoms with Crippen molar-refractivity contribution in [2.45, 2.75) is 82.4 Å². The number of likely N-dealkylation sites (tertiary alicyclic amines) is 1. The monoisotopic (exact) mass is 561 g/mol. The van der Waals surface area contributed by atoms with Crippen molar-refractivity contribution in [1.29, 1.82) is 0 Å². The van der Waals surface area contributed by atoms with E-state index in [2.05, 4.69) is 17.6 Å². The third-order valence-corrected chi connectivity index (χ3v) is 10.3. The van der Waals surface area contributed by atoms with Gasteiger partial charge in [0.2, 0.25) is 11.8 Å². The van der Waals surface area contributed by atoms with Crippen LogP contribution < -0.4 is 10.6 Å². The van der Waals surface area contributed by atoms with Crippen LogP contribution in [-0.2, 0) is 14.3 Å². The summed E-state index contributed by atoms with van der Waals surface area (Å²) in [6.07, 6.45) is 3.69. The molecule has 4 rings (SSSR count). The van der Waals surface area contributed by atoms with E-state index in [9.17, 15) is 24.6 Å². The largest absolute Gasteiger partial charge is 0.445 e. The molecule has 1 saturated heterocycles. The first-order valence-electron chi connectivity index (χ1n) is 14.0. The minimum absolute atomic E-state index is 0.00953. The van der Waals surface area contributed by atoms with Crippen molar-refractivity contribution in [3.05, 3.63) is 24.3 Å². The smallest absolute Gasteiger partial charge is 0.411 e. The molecule has 0 bridgehead atoms. The third-order valence-electron chi connectivity index (χ3n) is 9.58. The fraction of sp³-hybridized carbons (Fsp3) is 0.690. The number of amides is 3. The highest BCUT2D eigenvalue weighted by molar-refractivity contribution is 7.98. The molecule has 0 unspecified atom stereocenters. The molecule has 1 aromatic rings. The lowest BCUT2D eigenvalue weighted by Gasteiger charge is -2.60. The van der Waals surface area contributed by atoms with E-state index in [0.717, 1.165) is 11.3 Å². The SMILES string of the molecule is CSc1cccc(NC(=O)O[C@@H]2CC[C@]3(C)[C@H](CC[C@@H](O)[C@H]3CC(=O)N3CC[C@H](NC(C)=O)C3)[C@]2(C)CO)c1. The molecular formula is C29H43N3O6S. The van der Waals surface area contributed by atoms with Gasteiger partial charge in [-0.2, -0.15) is 0 Å². The highest BCUT2D eigenvalue weighted by Gasteiger charge is 2.60. The van der Waals surface area contributed by atoms with Crippen LogP contribution >= 0.6 is 11.8 Å². The second kappa shape index (κ2) is 12.1. The summed E-state index contributed by atoms with van der Waals surface area (Å²) in [4.78, 5) is 40.5. The van der Waals surface area contributed by atoms with Crippen LogP contribution in [0.25, 0.3) is 0 Å². The maximum atomic E-state index is 13.3. The number of aliphatic hydroxyl groups excluding tert-OH is 2. The molecule has 0 radical (unpaired) electrons. The fourth-order valence-electron chi connectivity index (χ4n) is 7.47. The van der Waals surface area contributed by atoms with Crippen LogP contribution in [-0.4, -0.2) is 77.2 Å². The van der Waals surface area contributed by atoms with E-state index in [1.165, 1.54) is 6.92 Å². The molecule has 3 amide bonds. The maximum absolute atomic E-state index is 13.3. The Bertz CT molecular complexity index is 1070. The molecule has 1 heterocycles. The molecule has 1 aromatic carbocycles. The molecule has 216 valence electrons. The Balaban J connectivity index is 1.45. The number of ether oxygens (including phenoxy) is 1. The van der Waals surface area contributed by atoms with Crippen LogP contribution in [0.15, 0.2) is 29.2 Å². The lowest BCUT2D eigenvalue weighted by Crippen LogP contribution is -2.61. The van der Waals surface area contributed by atoms with Crippen LogP contribution in [0.2, 0.25) is 0 Å². The average Bonchev–Trinajstić information content (AvgIpc) is 3.36. The van der Waals surface area contributed by atoms with Crippen molar-refractivity contribution in [2.24, 2.45) is 22.7 Å². The van der Waals surface area contributed by atoms with Gasteiger partial charge < -0.3 is 25.2 Å². The minimum atomic E-state index is -0.711. The molecular weight excluding hydrogens is 518 g/mol. The molecule has 3 aliphatic rings. The number of benzene rings is 1. The van der Waals surface area contributed by atoms with Gasteiger partial charge in [-0.3, -0.25) is 14.9 Å². The number of carbonyl (C=O) groups is 3. The van der Waals surface area contributed by atoms with Gasteiger partial charge in [0, 0.05) is 48.5 Å². The van der Waals surface area contributed by atoms with E-state index in [1.54, 1.807) is 16.7 Å². The van der Waals surface area contributed by atoms with E-state index in [1.807, 2.05) is 37.4 Å². The van der Waals surface area contributed by atoms with Crippen LogP contribution in [0.4, 0.5) is 10.5 Å². The zero-order valence-electron chi connectivity index (χ0n) is 23.4. The molecule has 7 atom stereocenters. The Kier molecular flexibility index (Phi) is 9.18. The number of nitrogens with zero attached hydrogens (tertiary/aromatic N) is 1. The van der Waals surface area contributed by atoms with Crippen molar-refractivity contribution in [3.63, 3.8) is 0 Å². The number of hydrogen-bond acceptors (Lipinski definition) is 7. The van der Waals surface area contributed by atoms with E-state index >= 15 is 0 Å². The molecule has 9 nitrogen and oxygen atoms in total. The summed E-state index contributed by atoms with van der Waals surface area (Å²) in [5.41, 5.74) is -0.457. The van der Waals surface area contributed by atoms with Gasteiger partial charge in [0.15, 0.2) is 0 Å². The summed E-state index contributed by atoms with van der Waals surface area (Å²) in [5, 5.41) is 27.5. The molecule has 2 saturated carbocycles. The first kappa shape index (κ1) is 29.7. The first-order chi connectivity index (χ1) is 18.5. The summed E-state index contributed by atoms with van der Waals surface area (Å²) in [7, 11) is 0. The molecule has 3 fully saturated rings. The van der Waals surface area contributed by atoms with Crippen LogP contribution in [0.5, 0.6) is 0 Å². The molecule has 10 heteroatoms. The van der Waals surface area contributed by atoms with Crippen LogP contribution in [0, 0.1) is 22.7 Å². The Morgan fingerprint density at radius 2 is 1.95 bits per heavy atom. The molecule has 0 aromatic heterocycles. The van der Waals surface area contributed by atoms with Crippen molar-refractivity contribution in [1.82, 2.24) is 10.2 Å². The second-order valence-corrected chi connectivity index (χ2v) is 12.9. The van der Waals surface area contributed by atoms with E-state index in [4.69, 9.17) is 4.74 Å². The van der Waals surface area contributed by atoms with Gasteiger partial charge in [0.25, 0.3) is 0 Å². The van der Waals surface area contributed by atoms with E-state index in [-0.39, 0.29) is 42.7 Å². The average molecular weight is 562 g/mol. The first-order valence-corrected chi connectivity index (χ1v) is 15.2. The molecule has 2 aliphatic carbocycles. The van der Waals surface area contributed by atoms with Crippen LogP contribution in [0.3, 0.4) is 0 Å². The molecule has 1 aliphatic heterocycles. The number of thioether (sulfide) groups is 1. The Labute approximate surface area is 235 Å². The molecule has 0 spiro atoms. The van der Waals surface area contributed by atoms with Crippen molar-refractivity contribution >= 4 is 35.4 Å². The summed E-state index contributed by atoms with van der Waals surface area (Å²) in [6.45, 7) is 6.49. The predicted molar refractivity (Wildman–Crippen MR) is 150 cm³/mol. The van der Waals surface area contributed by atoms with Crippen molar-refractivity contribution in [3.8, 4) is 0 Å². The Morgan fingerprint density at radius 3 is 2.64 bits per heavy atom. The second-order valence-electron chi connectivity index (χ2n) is 12.0. The number of hydrogen-bond donors (Lipinski definition) is 4. The zero-order valence-corrected chi connectivity index (χ0v) is 24.3. The topological polar surface area (TPSA) is 128 Å². The number of fused-ring (bicyclic) bond motifs is 1. The quantitative estimate of drug-likeness (QED) is 0.374.